The predicted octanol–water partition coefficient (Wildman–Crippen LogP) is 4.68. The molecular weight excluding hydrogens is 228 g/mol. The lowest BCUT2D eigenvalue weighted by atomic mass is 10.1. The maximum Gasteiger partial charge on any atom is 0.183 e. The minimum atomic E-state index is 0.122. The van der Waals surface area contributed by atoms with Crippen molar-refractivity contribution in [1.82, 2.24) is 0 Å². The van der Waals surface area contributed by atoms with Crippen LogP contribution in [0.3, 0.4) is 0 Å². The summed E-state index contributed by atoms with van der Waals surface area (Å²) in [5, 5.41) is 0. The van der Waals surface area contributed by atoms with E-state index in [0.29, 0.717) is 0 Å². The van der Waals surface area contributed by atoms with Gasteiger partial charge >= 0.3 is 0 Å². The van der Waals surface area contributed by atoms with Crippen LogP contribution in [-0.4, -0.2) is 11.5 Å². The molecule has 0 aliphatic carbocycles. The summed E-state index contributed by atoms with van der Waals surface area (Å²) in [6, 6.07) is 0. The molecule has 1 heterocycles. The highest BCUT2D eigenvalue weighted by atomic mass is 32.2. The Labute approximate surface area is 109 Å². The molecule has 94 valence electrons. The van der Waals surface area contributed by atoms with E-state index < -0.39 is 0 Å². The number of carbonyl (C=O) groups excluding carboxylic acids is 1. The highest BCUT2D eigenvalue weighted by Gasteiger charge is 2.14. The Balaban J connectivity index is 0.00000121. The van der Waals surface area contributed by atoms with E-state index in [-0.39, 0.29) is 5.78 Å². The summed E-state index contributed by atoms with van der Waals surface area (Å²) < 4.78 is 0. The highest BCUT2D eigenvalue weighted by Crippen LogP contribution is 2.26. The Kier molecular flexibility index (Phi) is 8.51. The number of hydrogen-bond acceptors (Lipinski definition) is 2. The van der Waals surface area contributed by atoms with Crippen molar-refractivity contribution in [2.45, 2.75) is 34.1 Å². The molecule has 0 bridgehead atoms. The zero-order valence-electron chi connectivity index (χ0n) is 11.2. The zero-order chi connectivity index (χ0) is 13.3. The Bertz CT molecular complexity index is 359. The highest BCUT2D eigenvalue weighted by molar-refractivity contribution is 8.03. The van der Waals surface area contributed by atoms with Crippen LogP contribution in [0.5, 0.6) is 0 Å². The molecular formula is C15H22OS. The fourth-order valence-electron chi connectivity index (χ4n) is 1.34. The number of carbonyl (C=O) groups is 1. The molecule has 0 saturated heterocycles. The topological polar surface area (TPSA) is 17.1 Å². The van der Waals surface area contributed by atoms with E-state index in [1.54, 1.807) is 23.9 Å². The maximum absolute atomic E-state index is 11.7. The second-order valence-corrected chi connectivity index (χ2v) is 4.34. The molecule has 0 unspecified atom stereocenters. The Morgan fingerprint density at radius 3 is 2.59 bits per heavy atom. The van der Waals surface area contributed by atoms with Crippen LogP contribution < -0.4 is 0 Å². The Hall–Kier alpha value is -1.02. The van der Waals surface area contributed by atoms with Crippen LogP contribution >= 0.6 is 11.8 Å². The largest absolute Gasteiger partial charge is 0.290 e. The molecule has 1 aliphatic heterocycles. The summed E-state index contributed by atoms with van der Waals surface area (Å²) in [6.07, 6.45) is 8.42. The first-order chi connectivity index (χ1) is 8.21. The van der Waals surface area contributed by atoms with E-state index in [9.17, 15) is 4.79 Å². The second kappa shape index (κ2) is 9.06. The van der Waals surface area contributed by atoms with Gasteiger partial charge in [0.15, 0.2) is 5.78 Å². The van der Waals surface area contributed by atoms with Gasteiger partial charge in [0.1, 0.15) is 0 Å². The molecule has 1 aliphatic rings. The molecule has 2 heteroatoms. The van der Waals surface area contributed by atoms with Crippen molar-refractivity contribution < 1.29 is 4.79 Å². The Morgan fingerprint density at radius 1 is 1.53 bits per heavy atom. The lowest BCUT2D eigenvalue weighted by Gasteiger charge is -2.11. The molecule has 0 spiro atoms. The van der Waals surface area contributed by atoms with Crippen molar-refractivity contribution >= 4 is 17.5 Å². The third-order valence-corrected chi connectivity index (χ3v) is 3.40. The van der Waals surface area contributed by atoms with E-state index in [0.717, 1.165) is 22.7 Å². The van der Waals surface area contributed by atoms with Crippen molar-refractivity contribution in [1.29, 1.82) is 0 Å². The Morgan fingerprint density at radius 2 is 2.18 bits per heavy atom. The number of allylic oxidation sites excluding steroid dienone is 5. The normalized spacial score (nSPS) is 18.4. The number of hydrogen-bond donors (Lipinski definition) is 0. The summed E-state index contributed by atoms with van der Waals surface area (Å²) in [5.74, 6) is 0.880. The van der Waals surface area contributed by atoms with Gasteiger partial charge in [-0.3, -0.25) is 4.79 Å². The van der Waals surface area contributed by atoms with Crippen LogP contribution in [0.25, 0.3) is 0 Å². The predicted molar refractivity (Wildman–Crippen MR) is 79.2 cm³/mol. The van der Waals surface area contributed by atoms with Gasteiger partial charge in [0, 0.05) is 16.2 Å². The minimum Gasteiger partial charge on any atom is -0.290 e. The molecule has 0 aromatic heterocycles. The standard InChI is InChI=1S/C13H16OS.C2H6/c1-4-10(5-2)7-11-9-15-12(6-3)8-13(11)14;1-2/h4,6-8H,3,5,9H2,1-2H3;1-2H3/b10-4-,11-7+;. The lowest BCUT2D eigenvalue weighted by molar-refractivity contribution is -0.111. The molecule has 1 rings (SSSR count). The van der Waals surface area contributed by atoms with Crippen LogP contribution in [0.4, 0.5) is 0 Å². The monoisotopic (exact) mass is 250 g/mol. The van der Waals surface area contributed by atoms with Crippen LogP contribution in [0.2, 0.25) is 0 Å². The zero-order valence-corrected chi connectivity index (χ0v) is 12.1. The first kappa shape index (κ1) is 16.0. The summed E-state index contributed by atoms with van der Waals surface area (Å²) in [6.45, 7) is 11.8. The molecule has 0 radical (unpaired) electrons. The average molecular weight is 250 g/mol. The molecule has 1 nitrogen and oxygen atoms in total. The molecule has 0 aromatic carbocycles. The van der Waals surface area contributed by atoms with Crippen LogP contribution in [0.1, 0.15) is 34.1 Å². The van der Waals surface area contributed by atoms with E-state index in [2.05, 4.69) is 19.6 Å². The average Bonchev–Trinajstić information content (AvgIpc) is 2.39. The first-order valence-electron chi connectivity index (χ1n) is 6.08. The van der Waals surface area contributed by atoms with Gasteiger partial charge in [0.25, 0.3) is 0 Å². The van der Waals surface area contributed by atoms with Crippen molar-refractivity contribution in [2.75, 3.05) is 5.75 Å². The van der Waals surface area contributed by atoms with Crippen molar-refractivity contribution in [3.63, 3.8) is 0 Å². The lowest BCUT2D eigenvalue weighted by Crippen LogP contribution is -2.07. The van der Waals surface area contributed by atoms with Gasteiger partial charge in [-0.2, -0.15) is 0 Å². The van der Waals surface area contributed by atoms with Gasteiger partial charge < -0.3 is 0 Å². The smallest absolute Gasteiger partial charge is 0.183 e. The van der Waals surface area contributed by atoms with Crippen LogP contribution in [0, 0.1) is 0 Å². The fourth-order valence-corrected chi connectivity index (χ4v) is 2.20. The van der Waals surface area contributed by atoms with E-state index in [4.69, 9.17) is 0 Å². The summed E-state index contributed by atoms with van der Waals surface area (Å²) in [5.41, 5.74) is 2.11. The summed E-state index contributed by atoms with van der Waals surface area (Å²) in [4.78, 5) is 12.7. The SMILES string of the molecule is C=CC1=CC(=O)/C(=C/C(=C\C)CC)CS1.CC. The molecule has 0 saturated carbocycles. The third kappa shape index (κ3) is 5.22. The van der Waals surface area contributed by atoms with Crippen LogP contribution in [0.15, 0.2) is 46.9 Å². The van der Waals surface area contributed by atoms with E-state index >= 15 is 0 Å². The number of rotatable bonds is 3. The molecule has 0 amide bonds. The quantitative estimate of drug-likeness (QED) is 0.676. The van der Waals surface area contributed by atoms with Gasteiger partial charge in [-0.25, -0.2) is 0 Å². The van der Waals surface area contributed by atoms with Gasteiger partial charge in [-0.1, -0.05) is 51.2 Å². The molecule has 0 N–H and O–H groups in total. The number of thioether (sulfide) groups is 1. The molecule has 17 heavy (non-hydrogen) atoms. The van der Waals surface area contributed by atoms with Crippen molar-refractivity contribution in [2.24, 2.45) is 0 Å². The second-order valence-electron chi connectivity index (χ2n) is 3.29. The molecule has 0 fully saturated rings. The van der Waals surface area contributed by atoms with Gasteiger partial charge in [-0.05, 0) is 19.4 Å². The van der Waals surface area contributed by atoms with E-state index in [1.165, 1.54) is 5.57 Å². The van der Waals surface area contributed by atoms with E-state index in [1.807, 2.05) is 26.8 Å². The number of ketones is 1. The molecule has 0 aromatic rings. The summed E-state index contributed by atoms with van der Waals surface area (Å²) >= 11 is 1.66. The van der Waals surface area contributed by atoms with Gasteiger partial charge in [-0.15, -0.1) is 11.8 Å². The fraction of sp³-hybridized carbons (Fsp3) is 0.400. The van der Waals surface area contributed by atoms with Crippen LogP contribution in [-0.2, 0) is 4.79 Å². The summed E-state index contributed by atoms with van der Waals surface area (Å²) in [7, 11) is 0. The van der Waals surface area contributed by atoms with Crippen molar-refractivity contribution in [3.8, 4) is 0 Å². The van der Waals surface area contributed by atoms with Gasteiger partial charge in [0.2, 0.25) is 0 Å². The first-order valence-corrected chi connectivity index (χ1v) is 7.06. The minimum absolute atomic E-state index is 0.122. The van der Waals surface area contributed by atoms with Gasteiger partial charge in [0.05, 0.1) is 0 Å². The maximum atomic E-state index is 11.7. The molecule has 0 atom stereocenters. The van der Waals surface area contributed by atoms with Crippen molar-refractivity contribution in [3.05, 3.63) is 46.9 Å². The third-order valence-electron chi connectivity index (χ3n) is 2.32.